The summed E-state index contributed by atoms with van der Waals surface area (Å²) < 4.78 is 12.6. The van der Waals surface area contributed by atoms with E-state index in [9.17, 15) is 0 Å². The van der Waals surface area contributed by atoms with Crippen LogP contribution in [0.25, 0.3) is 0 Å². The van der Waals surface area contributed by atoms with Crippen molar-refractivity contribution in [2.24, 2.45) is 0 Å². The normalized spacial score (nSPS) is 21.3. The lowest BCUT2D eigenvalue weighted by atomic mass is 9.96. The number of hydrogen-bond acceptors (Lipinski definition) is 2. The van der Waals surface area contributed by atoms with Crippen LogP contribution in [0.4, 0.5) is 0 Å². The fourth-order valence-electron chi connectivity index (χ4n) is 1.95. The molecule has 14 heavy (non-hydrogen) atoms. The van der Waals surface area contributed by atoms with E-state index in [0.29, 0.717) is 6.10 Å². The van der Waals surface area contributed by atoms with Gasteiger partial charge in [0, 0.05) is 12.0 Å². The molecule has 0 bridgehead atoms. The largest absolute Gasteiger partial charge is 0.455 e. The van der Waals surface area contributed by atoms with Crippen molar-refractivity contribution in [3.8, 4) is 0 Å². The zero-order valence-corrected chi connectivity index (χ0v) is 11.9. The first-order valence-corrected chi connectivity index (χ1v) is 8.96. The summed E-state index contributed by atoms with van der Waals surface area (Å²) in [5.74, 6) is 1.15. The van der Waals surface area contributed by atoms with Crippen molar-refractivity contribution in [3.05, 3.63) is 21.2 Å². The molecule has 4 heteroatoms. The number of furan rings is 1. The van der Waals surface area contributed by atoms with E-state index in [1.54, 1.807) is 0 Å². The van der Waals surface area contributed by atoms with E-state index in [4.69, 9.17) is 8.84 Å². The Balaban J connectivity index is 2.21. The van der Waals surface area contributed by atoms with Gasteiger partial charge in [0.2, 0.25) is 0 Å². The molecule has 1 aliphatic carbocycles. The molecule has 0 saturated carbocycles. The van der Waals surface area contributed by atoms with E-state index in [2.05, 4.69) is 41.8 Å². The summed E-state index contributed by atoms with van der Waals surface area (Å²) in [7, 11) is -0.937. The van der Waals surface area contributed by atoms with Crippen LogP contribution in [0, 0.1) is 3.77 Å². The van der Waals surface area contributed by atoms with Crippen molar-refractivity contribution < 1.29 is 8.84 Å². The average molecular weight is 322 g/mol. The van der Waals surface area contributed by atoms with E-state index in [0.717, 1.165) is 22.4 Å². The molecule has 1 heterocycles. The van der Waals surface area contributed by atoms with Gasteiger partial charge in [0.15, 0.2) is 12.8 Å². The van der Waals surface area contributed by atoms with Crippen molar-refractivity contribution in [1.29, 1.82) is 0 Å². The average Bonchev–Trinajstić information content (AvgIpc) is 2.45. The summed E-state index contributed by atoms with van der Waals surface area (Å²) in [6, 6.07) is 2.14. The van der Waals surface area contributed by atoms with Crippen LogP contribution in [0.2, 0.25) is 13.1 Å². The van der Waals surface area contributed by atoms with Crippen LogP contribution in [0.1, 0.15) is 30.3 Å². The molecule has 78 valence electrons. The SMILES string of the molecule is C[SiH](C)OC1CCCc2oc(I)cc21. The maximum atomic E-state index is 6.01. The molecule has 0 fully saturated rings. The Hall–Kier alpha value is 0.187. The fraction of sp³-hybridized carbons (Fsp3) is 0.600. The van der Waals surface area contributed by atoms with Crippen LogP contribution in [0.15, 0.2) is 10.5 Å². The molecule has 0 N–H and O–H groups in total. The minimum absolute atomic E-state index is 0.317. The molecular weight excluding hydrogens is 307 g/mol. The molecular formula is C10H15IO2Si. The molecule has 0 spiro atoms. The van der Waals surface area contributed by atoms with Crippen molar-refractivity contribution in [3.63, 3.8) is 0 Å². The third-order valence-corrected chi connectivity index (χ3v) is 3.87. The van der Waals surface area contributed by atoms with E-state index < -0.39 is 9.04 Å². The highest BCUT2D eigenvalue weighted by Gasteiger charge is 2.25. The lowest BCUT2D eigenvalue weighted by Gasteiger charge is -2.23. The topological polar surface area (TPSA) is 22.4 Å². The van der Waals surface area contributed by atoms with Crippen molar-refractivity contribution in [2.45, 2.75) is 38.5 Å². The van der Waals surface area contributed by atoms with Crippen LogP contribution >= 0.6 is 22.6 Å². The first-order chi connectivity index (χ1) is 6.66. The second-order valence-electron chi connectivity index (χ2n) is 3.99. The van der Waals surface area contributed by atoms with Crippen molar-refractivity contribution in [2.75, 3.05) is 0 Å². The van der Waals surface area contributed by atoms with E-state index in [-0.39, 0.29) is 0 Å². The second-order valence-corrected chi connectivity index (χ2v) is 7.43. The van der Waals surface area contributed by atoms with Gasteiger partial charge in [0.05, 0.1) is 6.10 Å². The fourth-order valence-corrected chi connectivity index (χ4v) is 3.49. The number of fused-ring (bicyclic) bond motifs is 1. The van der Waals surface area contributed by atoms with Crippen molar-refractivity contribution >= 4 is 31.6 Å². The highest BCUT2D eigenvalue weighted by Crippen LogP contribution is 2.35. The minimum atomic E-state index is -0.937. The monoisotopic (exact) mass is 322 g/mol. The molecule has 1 aromatic rings. The van der Waals surface area contributed by atoms with Gasteiger partial charge in [0.1, 0.15) is 5.76 Å². The maximum absolute atomic E-state index is 6.01. The summed E-state index contributed by atoms with van der Waals surface area (Å²) in [5.41, 5.74) is 1.31. The predicted octanol–water partition coefficient (Wildman–Crippen LogP) is 3.26. The summed E-state index contributed by atoms with van der Waals surface area (Å²) in [4.78, 5) is 0. The molecule has 1 aliphatic rings. The Morgan fingerprint density at radius 3 is 3.07 bits per heavy atom. The number of rotatable bonds is 2. The molecule has 1 aromatic heterocycles. The van der Waals surface area contributed by atoms with Gasteiger partial charge in [-0.05, 0) is 54.6 Å². The quantitative estimate of drug-likeness (QED) is 0.616. The smallest absolute Gasteiger partial charge is 0.171 e. The Kier molecular flexibility index (Phi) is 3.33. The predicted molar refractivity (Wildman–Crippen MR) is 67.1 cm³/mol. The van der Waals surface area contributed by atoms with Gasteiger partial charge in [-0.15, -0.1) is 0 Å². The lowest BCUT2D eigenvalue weighted by molar-refractivity contribution is 0.181. The Morgan fingerprint density at radius 2 is 2.36 bits per heavy atom. The lowest BCUT2D eigenvalue weighted by Crippen LogP contribution is -2.17. The molecule has 2 nitrogen and oxygen atoms in total. The zero-order valence-electron chi connectivity index (χ0n) is 8.55. The molecule has 0 amide bonds. The Morgan fingerprint density at radius 1 is 1.57 bits per heavy atom. The molecule has 0 aliphatic heterocycles. The van der Waals surface area contributed by atoms with Gasteiger partial charge in [-0.2, -0.15) is 0 Å². The second kappa shape index (κ2) is 4.36. The Labute approximate surface area is 99.9 Å². The van der Waals surface area contributed by atoms with Gasteiger partial charge in [0.25, 0.3) is 0 Å². The van der Waals surface area contributed by atoms with Crippen LogP contribution in [-0.2, 0) is 10.8 Å². The molecule has 0 aromatic carbocycles. The van der Waals surface area contributed by atoms with Gasteiger partial charge >= 0.3 is 0 Å². The van der Waals surface area contributed by atoms with Crippen molar-refractivity contribution in [1.82, 2.24) is 0 Å². The van der Waals surface area contributed by atoms with Gasteiger partial charge in [-0.1, -0.05) is 0 Å². The van der Waals surface area contributed by atoms with Gasteiger partial charge in [-0.25, -0.2) is 0 Å². The summed E-state index contributed by atoms with van der Waals surface area (Å²) >= 11 is 2.23. The third kappa shape index (κ3) is 2.22. The van der Waals surface area contributed by atoms with Gasteiger partial charge in [-0.3, -0.25) is 0 Å². The van der Waals surface area contributed by atoms with Gasteiger partial charge < -0.3 is 8.84 Å². The number of aryl methyl sites for hydroxylation is 1. The molecule has 0 radical (unpaired) electrons. The first-order valence-electron chi connectivity index (χ1n) is 5.10. The maximum Gasteiger partial charge on any atom is 0.171 e. The van der Waals surface area contributed by atoms with E-state index in [1.807, 2.05) is 0 Å². The summed E-state index contributed by atoms with van der Waals surface area (Å²) in [6.07, 6.45) is 3.76. The highest BCUT2D eigenvalue weighted by molar-refractivity contribution is 14.1. The summed E-state index contributed by atoms with van der Waals surface area (Å²) in [5, 5.41) is 0. The molecule has 1 unspecified atom stereocenters. The van der Waals surface area contributed by atoms with Crippen LogP contribution in [-0.4, -0.2) is 9.04 Å². The first kappa shape index (κ1) is 10.7. The van der Waals surface area contributed by atoms with Crippen LogP contribution < -0.4 is 0 Å². The summed E-state index contributed by atoms with van der Waals surface area (Å²) in [6.45, 7) is 4.44. The molecule has 1 atom stereocenters. The standard InChI is InChI=1S/C10H15IO2Si/c1-14(2)13-9-5-3-4-8-7(9)6-10(11)12-8/h6,9,14H,3-5H2,1-2H3. The Bertz CT molecular complexity index is 322. The molecule has 0 saturated heterocycles. The zero-order chi connectivity index (χ0) is 10.1. The molecule has 2 rings (SSSR count). The minimum Gasteiger partial charge on any atom is -0.455 e. The highest BCUT2D eigenvalue weighted by atomic mass is 127. The van der Waals surface area contributed by atoms with E-state index in [1.165, 1.54) is 12.0 Å². The van der Waals surface area contributed by atoms with Crippen LogP contribution in [0.3, 0.4) is 0 Å². The third-order valence-electron chi connectivity index (χ3n) is 2.47. The van der Waals surface area contributed by atoms with Crippen LogP contribution in [0.5, 0.6) is 0 Å². The number of hydrogen-bond donors (Lipinski definition) is 0. The van der Waals surface area contributed by atoms with E-state index >= 15 is 0 Å². The number of halogens is 1.